The zero-order valence-electron chi connectivity index (χ0n) is 44.4. The van der Waals surface area contributed by atoms with E-state index in [1.807, 2.05) is 78.9 Å². The van der Waals surface area contributed by atoms with Crippen LogP contribution >= 0.6 is 8.53 Å². The molecule has 4 aromatic rings. The quantitative estimate of drug-likeness (QED) is 0.0247. The number of hydrogen-bond donors (Lipinski definition) is 1. The third-order valence-corrected chi connectivity index (χ3v) is 16.9. The number of nitrogens with zero attached hydrogens (tertiary/aromatic N) is 3. The molecule has 75 heavy (non-hydrogen) atoms. The first-order valence-corrected chi connectivity index (χ1v) is 27.7. The maximum absolute atomic E-state index is 13.7. The van der Waals surface area contributed by atoms with Gasteiger partial charge in [-0.15, -0.1) is 0 Å². The van der Waals surface area contributed by atoms with Crippen LogP contribution in [-0.2, 0) is 43.1 Å². The zero-order valence-corrected chi connectivity index (χ0v) is 45.3. The third-order valence-electron chi connectivity index (χ3n) is 14.7. The van der Waals surface area contributed by atoms with E-state index in [1.54, 1.807) is 14.2 Å². The maximum Gasteiger partial charge on any atom is 0.330 e. The Morgan fingerprint density at radius 3 is 1.88 bits per heavy atom. The van der Waals surface area contributed by atoms with Gasteiger partial charge in [0, 0.05) is 24.7 Å². The molecular formula is C58H75N4O12P. The van der Waals surface area contributed by atoms with E-state index in [4.69, 9.17) is 46.9 Å². The van der Waals surface area contributed by atoms with E-state index in [9.17, 15) is 14.9 Å². The van der Waals surface area contributed by atoms with Crippen LogP contribution in [0.15, 0.2) is 94.6 Å². The lowest BCUT2D eigenvalue weighted by atomic mass is 9.54. The molecule has 1 N–H and O–H groups in total. The maximum atomic E-state index is 13.7. The zero-order chi connectivity index (χ0) is 52.8. The van der Waals surface area contributed by atoms with Crippen LogP contribution in [0.4, 0.5) is 0 Å². The average molecular weight is 1050 g/mol. The molecule has 4 bridgehead atoms. The highest BCUT2D eigenvalue weighted by Gasteiger charge is 2.52. The monoisotopic (exact) mass is 1050 g/mol. The van der Waals surface area contributed by atoms with Crippen molar-refractivity contribution in [2.24, 2.45) is 17.8 Å². The molecule has 16 nitrogen and oxygen atoms in total. The Hall–Kier alpha value is -4.94. The molecule has 2 heterocycles. The highest BCUT2D eigenvalue weighted by Crippen LogP contribution is 2.57. The number of H-pyrrole nitrogens is 1. The van der Waals surface area contributed by atoms with Gasteiger partial charge in [0.15, 0.2) is 0 Å². The predicted molar refractivity (Wildman–Crippen MR) is 284 cm³/mol. The Bertz CT molecular complexity index is 2550. The van der Waals surface area contributed by atoms with E-state index in [2.05, 4.69) is 55.3 Å². The minimum atomic E-state index is -1.75. The summed E-state index contributed by atoms with van der Waals surface area (Å²) in [5, 5.41) is 9.46. The first-order chi connectivity index (χ1) is 36.4. The number of hydrogen-bond acceptors (Lipinski definition) is 14. The van der Waals surface area contributed by atoms with Crippen LogP contribution in [0.3, 0.4) is 0 Å². The van der Waals surface area contributed by atoms with Crippen molar-refractivity contribution < 1.29 is 46.9 Å². The molecule has 4 atom stereocenters. The fraction of sp³-hybridized carbons (Fsp3) is 0.569. The fourth-order valence-electron chi connectivity index (χ4n) is 11.8. The molecule has 0 radical (unpaired) electrons. The van der Waals surface area contributed by atoms with Crippen LogP contribution in [0.2, 0.25) is 0 Å². The molecule has 1 saturated heterocycles. The number of aromatic amines is 1. The molecule has 404 valence electrons. The van der Waals surface area contributed by atoms with Crippen LogP contribution in [0.25, 0.3) is 0 Å². The third kappa shape index (κ3) is 14.2. The first-order valence-electron chi connectivity index (χ1n) is 26.5. The van der Waals surface area contributed by atoms with Crippen molar-refractivity contribution in [3.05, 3.63) is 128 Å². The fourth-order valence-corrected chi connectivity index (χ4v) is 13.6. The summed E-state index contributed by atoms with van der Waals surface area (Å²) in [5.74, 6) is 9.73. The number of nitriles is 1. The summed E-state index contributed by atoms with van der Waals surface area (Å²) >= 11 is 0. The average Bonchev–Trinajstić information content (AvgIpc) is 3.80. The number of rotatable bonds is 28. The van der Waals surface area contributed by atoms with Gasteiger partial charge in [0.1, 0.15) is 41.6 Å². The van der Waals surface area contributed by atoms with Crippen molar-refractivity contribution >= 4 is 8.53 Å². The Kier molecular flexibility index (Phi) is 20.2. The Morgan fingerprint density at radius 1 is 0.760 bits per heavy atom. The number of ether oxygens (including phenoxy) is 8. The van der Waals surface area contributed by atoms with Crippen molar-refractivity contribution in [3.63, 3.8) is 0 Å². The van der Waals surface area contributed by atoms with Crippen molar-refractivity contribution in [1.29, 1.82) is 5.26 Å². The summed E-state index contributed by atoms with van der Waals surface area (Å²) in [6.07, 6.45) is 7.25. The first kappa shape index (κ1) is 56.3. The highest BCUT2D eigenvalue weighted by molar-refractivity contribution is 7.44. The Balaban J connectivity index is 0.948. The van der Waals surface area contributed by atoms with Gasteiger partial charge in [-0.05, 0) is 125 Å². The number of aromatic nitrogens is 2. The molecule has 4 aliphatic carbocycles. The highest BCUT2D eigenvalue weighted by atomic mass is 31.2. The number of benzene rings is 3. The van der Waals surface area contributed by atoms with Crippen LogP contribution in [0.5, 0.6) is 11.5 Å². The summed E-state index contributed by atoms with van der Waals surface area (Å²) in [4.78, 5) is 29.3. The van der Waals surface area contributed by atoms with E-state index < -0.39 is 43.8 Å². The molecule has 3 aromatic carbocycles. The van der Waals surface area contributed by atoms with Gasteiger partial charge in [0.25, 0.3) is 14.1 Å². The van der Waals surface area contributed by atoms with Crippen molar-refractivity contribution in [1.82, 2.24) is 14.2 Å². The van der Waals surface area contributed by atoms with Gasteiger partial charge in [-0.2, -0.15) is 5.26 Å². The van der Waals surface area contributed by atoms with Gasteiger partial charge in [0.05, 0.1) is 91.3 Å². The molecule has 4 saturated carbocycles. The van der Waals surface area contributed by atoms with Gasteiger partial charge in [-0.25, -0.2) is 9.46 Å². The normalized spacial score (nSPS) is 23.4. The summed E-state index contributed by atoms with van der Waals surface area (Å²) in [5.41, 5.74) is 0.162. The van der Waals surface area contributed by atoms with Gasteiger partial charge < -0.3 is 46.9 Å². The molecule has 9 rings (SSSR count). The minimum absolute atomic E-state index is 0.0197. The van der Waals surface area contributed by atoms with Gasteiger partial charge in [0.2, 0.25) is 0 Å². The molecule has 5 fully saturated rings. The second-order valence-corrected chi connectivity index (χ2v) is 22.0. The minimum Gasteiger partial charge on any atom is -0.497 e. The lowest BCUT2D eigenvalue weighted by Gasteiger charge is -2.56. The van der Waals surface area contributed by atoms with Gasteiger partial charge in [-0.1, -0.05) is 66.4 Å². The van der Waals surface area contributed by atoms with Gasteiger partial charge >= 0.3 is 5.69 Å². The van der Waals surface area contributed by atoms with E-state index in [-0.39, 0.29) is 55.9 Å². The molecule has 1 unspecified atom stereocenters. The molecule has 0 amide bonds. The summed E-state index contributed by atoms with van der Waals surface area (Å²) in [7, 11) is 1.50. The van der Waals surface area contributed by atoms with Crippen LogP contribution in [-0.4, -0.2) is 118 Å². The molecule has 1 aliphatic heterocycles. The van der Waals surface area contributed by atoms with Crippen molar-refractivity contribution in [2.45, 2.75) is 121 Å². The smallest absolute Gasteiger partial charge is 0.330 e. The van der Waals surface area contributed by atoms with Crippen LogP contribution in [0.1, 0.15) is 108 Å². The second-order valence-electron chi connectivity index (χ2n) is 20.6. The Labute approximate surface area is 443 Å². The predicted octanol–water partition coefficient (Wildman–Crippen LogP) is 8.90. The number of nitrogens with one attached hydrogen (secondary N) is 1. The van der Waals surface area contributed by atoms with Crippen molar-refractivity contribution in [2.75, 3.05) is 73.7 Å². The van der Waals surface area contributed by atoms with Gasteiger partial charge in [-0.3, -0.25) is 14.3 Å². The van der Waals surface area contributed by atoms with E-state index in [1.165, 1.54) is 49.3 Å². The Morgan fingerprint density at radius 2 is 1.32 bits per heavy atom. The van der Waals surface area contributed by atoms with E-state index >= 15 is 0 Å². The molecule has 1 aromatic heterocycles. The molecule has 5 aliphatic rings. The topological polar surface area (TPSA) is 174 Å². The SMILES string of the molecule is COc1ccc(C(OC[C@H]2O[C@@H](n3cc(C#CCOCCOCCOCCOC45CC6CC(CC(C6)C4)C5)c(=O)[nH]c3=O)C[C@@H]2OP(OCCC#N)N(C(C)C)C(C)C)(c2ccccc2)c2ccc(OC)cc2)cc1. The largest absolute Gasteiger partial charge is 0.497 e. The lowest BCUT2D eigenvalue weighted by molar-refractivity contribution is -0.169. The second kappa shape index (κ2) is 26.9. The van der Waals surface area contributed by atoms with E-state index in [0.29, 0.717) is 51.1 Å². The summed E-state index contributed by atoms with van der Waals surface area (Å²) < 4.78 is 65.8. The molecule has 0 spiro atoms. The van der Waals surface area contributed by atoms with E-state index in [0.717, 1.165) is 34.4 Å². The number of methoxy groups -OCH3 is 2. The van der Waals surface area contributed by atoms with Crippen molar-refractivity contribution in [3.8, 4) is 29.4 Å². The molecular weight excluding hydrogens is 976 g/mol. The summed E-state index contributed by atoms with van der Waals surface area (Å²) in [6, 6.07) is 27.6. The lowest BCUT2D eigenvalue weighted by Crippen LogP contribution is -2.52. The van der Waals surface area contributed by atoms with Crippen LogP contribution < -0.4 is 20.7 Å². The molecule has 17 heteroatoms. The van der Waals surface area contributed by atoms with Crippen LogP contribution in [0, 0.1) is 40.9 Å². The standard InChI is InChI=1S/C58H75N4O12P/c1-41(2)62(42(3)4)75(72-25-11-23-59)74-52-35-54(73-53(52)40-71-58(47-13-8-7-9-14-47,48-15-19-50(65-5)20-16-48)49-17-21-51(66-6)22-18-49)61-39-46(55(63)60-56(61)64)12-10-24-67-26-27-68-28-29-69-30-31-70-57-36-43-32-44(37-57)34-45(33-43)38-57/h7-9,13-22,39,41-45,52-54H,11,24-38,40H2,1-6H3,(H,60,63,64)/t43?,44?,45?,52-,53+,54+,57?,75?/m0/s1. The summed E-state index contributed by atoms with van der Waals surface area (Å²) in [6.45, 7) is 11.2.